The minimum absolute atomic E-state index is 0. The molecule has 9 heteroatoms. The molecular weight excluding hydrogens is 506 g/mol. The Labute approximate surface area is 216 Å². The molecule has 0 saturated heterocycles. The monoisotopic (exact) mass is 530 g/mol. The van der Waals surface area contributed by atoms with Gasteiger partial charge in [-0.3, -0.25) is 0 Å². The zero-order chi connectivity index (χ0) is 22.2. The second-order valence-corrected chi connectivity index (χ2v) is 7.88. The van der Waals surface area contributed by atoms with E-state index in [0.717, 1.165) is 16.8 Å². The molecule has 0 aliphatic rings. The van der Waals surface area contributed by atoms with Gasteiger partial charge in [0.2, 0.25) is 0 Å². The molecule has 0 bridgehead atoms. The summed E-state index contributed by atoms with van der Waals surface area (Å²) in [5, 5.41) is 17.9. The lowest BCUT2D eigenvalue weighted by Gasteiger charge is -2.14. The summed E-state index contributed by atoms with van der Waals surface area (Å²) < 4.78 is 4.79. The normalized spacial score (nSPS) is 11.0. The third-order valence-corrected chi connectivity index (χ3v) is 5.15. The summed E-state index contributed by atoms with van der Waals surface area (Å²) in [5.41, 5.74) is 4.09. The van der Waals surface area contributed by atoms with Gasteiger partial charge in [0.15, 0.2) is 0 Å². The fourth-order valence-corrected chi connectivity index (χ4v) is 3.71. The summed E-state index contributed by atoms with van der Waals surface area (Å²) in [4.78, 5) is 11.8. The molecule has 3 rings (SSSR count). The van der Waals surface area contributed by atoms with Crippen molar-refractivity contribution in [3.05, 3.63) is 87.9 Å². The van der Waals surface area contributed by atoms with E-state index in [1.54, 1.807) is 24.3 Å². The van der Waals surface area contributed by atoms with Crippen LogP contribution in [-0.2, 0) is 4.74 Å². The lowest BCUT2D eigenvalue weighted by atomic mass is 10.0. The molecule has 3 N–H and O–H groups in total. The van der Waals surface area contributed by atoms with Gasteiger partial charge in [0.25, 0.3) is 0 Å². The van der Waals surface area contributed by atoms with E-state index in [0.29, 0.717) is 40.8 Å². The highest BCUT2D eigenvalue weighted by Crippen LogP contribution is 2.24. The molecular formula is C24H26Cl4N2O3. The number of hydrogen-bond donors (Lipinski definition) is 3. The van der Waals surface area contributed by atoms with Crippen LogP contribution >= 0.6 is 48.0 Å². The topological polar surface area (TPSA) is 70.6 Å². The lowest BCUT2D eigenvalue weighted by molar-refractivity contribution is 0.0601. The molecule has 0 radical (unpaired) electrons. The molecule has 1 atom stereocenters. The molecule has 0 fully saturated rings. The number of carbonyl (C=O) groups excluding carboxylic acids is 1. The lowest BCUT2D eigenvalue weighted by Crippen LogP contribution is -2.26. The average molecular weight is 532 g/mol. The first-order chi connectivity index (χ1) is 15.0. The Hall–Kier alpha value is -1.99. The molecule has 0 spiro atoms. The van der Waals surface area contributed by atoms with Gasteiger partial charge in [0.1, 0.15) is 0 Å². The number of hydrogen-bond acceptors (Lipinski definition) is 5. The number of nitrogens with one attached hydrogen (secondary N) is 2. The number of ether oxygens (including phenoxy) is 1. The van der Waals surface area contributed by atoms with Crippen molar-refractivity contribution in [1.82, 2.24) is 5.32 Å². The Morgan fingerprint density at radius 2 is 1.58 bits per heavy atom. The van der Waals surface area contributed by atoms with Gasteiger partial charge in [-0.15, -0.1) is 24.8 Å². The summed E-state index contributed by atoms with van der Waals surface area (Å²) in [6.45, 7) is 1.72. The smallest absolute Gasteiger partial charge is 0.337 e. The number of methoxy groups -OCH3 is 1. The maximum Gasteiger partial charge on any atom is 0.337 e. The van der Waals surface area contributed by atoms with Crippen LogP contribution in [0.1, 0.15) is 22.0 Å². The second-order valence-electron chi connectivity index (χ2n) is 7.00. The molecule has 3 aromatic rings. The van der Waals surface area contributed by atoms with Crippen LogP contribution in [0.5, 0.6) is 0 Å². The first kappa shape index (κ1) is 29.0. The van der Waals surface area contributed by atoms with E-state index in [2.05, 4.69) is 10.6 Å². The van der Waals surface area contributed by atoms with Crippen LogP contribution in [0.25, 0.3) is 11.1 Å². The van der Waals surface area contributed by atoms with Crippen LogP contribution < -0.4 is 10.6 Å². The second kappa shape index (κ2) is 14.3. The van der Waals surface area contributed by atoms with Gasteiger partial charge in [-0.1, -0.05) is 47.5 Å². The SMILES string of the molecule is COC(=O)c1cccc(-c2cccc(NCCNCC(O)c3cc(Cl)cc(Cl)c3)c2)c1.Cl.Cl. The Kier molecular flexibility index (Phi) is 12.6. The standard InChI is InChI=1S/C24H24Cl2N2O3.2ClH/c1-31-24(30)18-6-2-4-16(10-18)17-5-3-7-22(13-17)28-9-8-27-15-23(29)19-11-20(25)14-21(26)12-19;;/h2-7,10-14,23,27-29H,8-9,15H2,1H3;2*1H. The van der Waals surface area contributed by atoms with Crippen LogP contribution in [-0.4, -0.2) is 37.8 Å². The molecule has 0 aliphatic carbocycles. The van der Waals surface area contributed by atoms with E-state index < -0.39 is 6.10 Å². The molecule has 1 unspecified atom stereocenters. The number of rotatable bonds is 9. The van der Waals surface area contributed by atoms with Crippen LogP contribution in [0.15, 0.2) is 66.7 Å². The third kappa shape index (κ3) is 8.70. The summed E-state index contributed by atoms with van der Waals surface area (Å²) in [6.07, 6.45) is -0.693. The zero-order valence-corrected chi connectivity index (χ0v) is 21.0. The van der Waals surface area contributed by atoms with Crippen LogP contribution in [0.4, 0.5) is 5.69 Å². The first-order valence-electron chi connectivity index (χ1n) is 9.84. The summed E-state index contributed by atoms with van der Waals surface area (Å²) in [7, 11) is 1.37. The van der Waals surface area contributed by atoms with Crippen molar-refractivity contribution < 1.29 is 14.6 Å². The van der Waals surface area contributed by atoms with E-state index >= 15 is 0 Å². The summed E-state index contributed by atoms with van der Waals surface area (Å²) >= 11 is 12.0. The van der Waals surface area contributed by atoms with E-state index in [1.165, 1.54) is 7.11 Å². The minimum Gasteiger partial charge on any atom is -0.465 e. The molecule has 0 aliphatic heterocycles. The molecule has 3 aromatic carbocycles. The van der Waals surface area contributed by atoms with Gasteiger partial charge >= 0.3 is 5.97 Å². The highest BCUT2D eigenvalue weighted by atomic mass is 35.5. The van der Waals surface area contributed by atoms with Crippen molar-refractivity contribution in [2.45, 2.75) is 6.10 Å². The van der Waals surface area contributed by atoms with E-state index in [1.807, 2.05) is 42.5 Å². The molecule has 0 saturated carbocycles. The highest BCUT2D eigenvalue weighted by molar-refractivity contribution is 6.34. The molecule has 178 valence electrons. The molecule has 0 heterocycles. The molecule has 33 heavy (non-hydrogen) atoms. The third-order valence-electron chi connectivity index (χ3n) is 4.72. The van der Waals surface area contributed by atoms with Crippen molar-refractivity contribution >= 4 is 59.7 Å². The van der Waals surface area contributed by atoms with Crippen molar-refractivity contribution in [1.29, 1.82) is 0 Å². The Balaban J connectivity index is 0.00000272. The number of benzene rings is 3. The van der Waals surface area contributed by atoms with Crippen molar-refractivity contribution in [2.75, 3.05) is 32.1 Å². The largest absolute Gasteiger partial charge is 0.465 e. The number of aliphatic hydroxyl groups excluding tert-OH is 1. The molecule has 0 amide bonds. The number of carbonyl (C=O) groups is 1. The fourth-order valence-electron chi connectivity index (χ4n) is 3.17. The van der Waals surface area contributed by atoms with Crippen molar-refractivity contribution in [3.63, 3.8) is 0 Å². The van der Waals surface area contributed by atoms with Crippen LogP contribution in [0, 0.1) is 0 Å². The zero-order valence-electron chi connectivity index (χ0n) is 17.9. The summed E-state index contributed by atoms with van der Waals surface area (Å²) in [6, 6.07) is 20.4. The predicted octanol–water partition coefficient (Wildman–Crippen LogP) is 6.03. The number of halogens is 4. The van der Waals surface area contributed by atoms with E-state index in [9.17, 15) is 9.90 Å². The van der Waals surface area contributed by atoms with Crippen molar-refractivity contribution in [3.8, 4) is 11.1 Å². The number of esters is 1. The molecule has 5 nitrogen and oxygen atoms in total. The molecule has 0 aromatic heterocycles. The Morgan fingerprint density at radius 1 is 0.939 bits per heavy atom. The van der Waals surface area contributed by atoms with Gasteiger partial charge in [-0.25, -0.2) is 4.79 Å². The maximum absolute atomic E-state index is 11.8. The van der Waals surface area contributed by atoms with Gasteiger partial charge in [-0.05, 0) is 59.2 Å². The van der Waals surface area contributed by atoms with Crippen LogP contribution in [0.2, 0.25) is 10.0 Å². The van der Waals surface area contributed by atoms with Gasteiger partial charge in [0, 0.05) is 35.4 Å². The van der Waals surface area contributed by atoms with Gasteiger partial charge < -0.3 is 20.5 Å². The van der Waals surface area contributed by atoms with Gasteiger partial charge in [-0.2, -0.15) is 0 Å². The predicted molar refractivity (Wildman–Crippen MR) is 140 cm³/mol. The first-order valence-corrected chi connectivity index (χ1v) is 10.6. The Morgan fingerprint density at radius 3 is 2.24 bits per heavy atom. The number of anilines is 1. The van der Waals surface area contributed by atoms with E-state index in [4.69, 9.17) is 27.9 Å². The van der Waals surface area contributed by atoms with Crippen molar-refractivity contribution in [2.24, 2.45) is 0 Å². The maximum atomic E-state index is 11.8. The average Bonchev–Trinajstić information content (AvgIpc) is 2.77. The minimum atomic E-state index is -0.693. The Bertz CT molecular complexity index is 1030. The van der Waals surface area contributed by atoms with Gasteiger partial charge in [0.05, 0.1) is 18.8 Å². The number of aliphatic hydroxyl groups is 1. The summed E-state index contributed by atoms with van der Waals surface area (Å²) in [5.74, 6) is -0.357. The van der Waals surface area contributed by atoms with E-state index in [-0.39, 0.29) is 30.8 Å². The van der Waals surface area contributed by atoms with Crippen LogP contribution in [0.3, 0.4) is 0 Å². The fraction of sp³-hybridized carbons (Fsp3) is 0.208. The quantitative estimate of drug-likeness (QED) is 0.232. The highest BCUT2D eigenvalue weighted by Gasteiger charge is 2.09.